The predicted molar refractivity (Wildman–Crippen MR) is 70.3 cm³/mol. The van der Waals surface area contributed by atoms with Crippen molar-refractivity contribution in [2.75, 3.05) is 13.1 Å². The van der Waals surface area contributed by atoms with E-state index >= 15 is 0 Å². The molecular weight excluding hydrogens is 250 g/mol. The van der Waals surface area contributed by atoms with E-state index in [1.165, 1.54) is 10.0 Å². The van der Waals surface area contributed by atoms with E-state index < -0.39 is 0 Å². The van der Waals surface area contributed by atoms with Crippen LogP contribution in [0.4, 0.5) is 0 Å². The third-order valence-electron chi connectivity index (χ3n) is 2.72. The average Bonchev–Trinajstić information content (AvgIpc) is 2.20. The molecule has 0 spiro atoms. The number of likely N-dealkylation sites (N-methyl/N-ethyl adjacent to an activating group) is 1. The van der Waals surface area contributed by atoms with Gasteiger partial charge in [0.2, 0.25) is 0 Å². The van der Waals surface area contributed by atoms with Crippen LogP contribution in [0.2, 0.25) is 0 Å². The summed E-state index contributed by atoms with van der Waals surface area (Å²) in [4.78, 5) is 0. The van der Waals surface area contributed by atoms with Crippen LogP contribution in [-0.4, -0.2) is 13.1 Å². The largest absolute Gasteiger partial charge is 0.316 e. The van der Waals surface area contributed by atoms with Gasteiger partial charge in [0.1, 0.15) is 0 Å². The molecule has 0 aliphatic rings. The number of halogens is 1. The van der Waals surface area contributed by atoms with Crippen molar-refractivity contribution in [2.45, 2.75) is 26.7 Å². The molecule has 0 amide bonds. The van der Waals surface area contributed by atoms with Gasteiger partial charge in [-0.1, -0.05) is 54.9 Å². The fraction of sp³-hybridized carbons (Fsp3) is 0.538. The Hall–Kier alpha value is -0.340. The Morgan fingerprint density at radius 3 is 2.47 bits per heavy atom. The van der Waals surface area contributed by atoms with Crippen molar-refractivity contribution in [1.82, 2.24) is 5.32 Å². The highest BCUT2D eigenvalue weighted by atomic mass is 79.9. The van der Waals surface area contributed by atoms with Gasteiger partial charge in [-0.15, -0.1) is 0 Å². The van der Waals surface area contributed by atoms with Crippen LogP contribution >= 0.6 is 15.9 Å². The summed E-state index contributed by atoms with van der Waals surface area (Å²) in [5.41, 5.74) is 1.41. The van der Waals surface area contributed by atoms with E-state index in [4.69, 9.17) is 0 Å². The molecule has 15 heavy (non-hydrogen) atoms. The lowest BCUT2D eigenvalue weighted by Gasteiger charge is -2.22. The molecule has 1 atom stereocenters. The van der Waals surface area contributed by atoms with Gasteiger partial charge in [-0.2, -0.15) is 0 Å². The Morgan fingerprint density at radius 1 is 1.27 bits per heavy atom. The highest BCUT2D eigenvalue weighted by Crippen LogP contribution is 2.29. The molecule has 1 aromatic carbocycles. The molecule has 84 valence electrons. The SMILES string of the molecule is CCNCC(c1ccccc1Br)C(C)C. The van der Waals surface area contributed by atoms with E-state index in [-0.39, 0.29) is 0 Å². The van der Waals surface area contributed by atoms with E-state index in [1.807, 2.05) is 0 Å². The summed E-state index contributed by atoms with van der Waals surface area (Å²) in [6.07, 6.45) is 0. The molecule has 1 unspecified atom stereocenters. The predicted octanol–water partition coefficient (Wildman–Crippen LogP) is 3.80. The maximum absolute atomic E-state index is 3.63. The van der Waals surface area contributed by atoms with Crippen LogP contribution in [0.15, 0.2) is 28.7 Å². The minimum absolute atomic E-state index is 0.584. The normalized spacial score (nSPS) is 13.1. The molecule has 0 bridgehead atoms. The second-order valence-corrected chi connectivity index (χ2v) is 5.03. The third kappa shape index (κ3) is 3.62. The summed E-state index contributed by atoms with van der Waals surface area (Å²) in [5.74, 6) is 1.24. The summed E-state index contributed by atoms with van der Waals surface area (Å²) < 4.78 is 1.22. The van der Waals surface area contributed by atoms with Crippen LogP contribution in [0.25, 0.3) is 0 Å². The van der Waals surface area contributed by atoms with E-state index in [0.29, 0.717) is 11.8 Å². The van der Waals surface area contributed by atoms with Crippen LogP contribution in [0.5, 0.6) is 0 Å². The molecular formula is C13H20BrN. The lowest BCUT2D eigenvalue weighted by Crippen LogP contribution is -2.24. The van der Waals surface area contributed by atoms with E-state index in [2.05, 4.69) is 66.3 Å². The first kappa shape index (κ1) is 12.7. The monoisotopic (exact) mass is 269 g/mol. The van der Waals surface area contributed by atoms with Crippen LogP contribution in [-0.2, 0) is 0 Å². The number of hydrogen-bond donors (Lipinski definition) is 1. The Balaban J connectivity index is 2.84. The molecule has 2 heteroatoms. The number of hydrogen-bond acceptors (Lipinski definition) is 1. The van der Waals surface area contributed by atoms with Crippen molar-refractivity contribution in [3.63, 3.8) is 0 Å². The van der Waals surface area contributed by atoms with E-state index in [0.717, 1.165) is 13.1 Å². The smallest absolute Gasteiger partial charge is 0.0210 e. The molecule has 0 aromatic heterocycles. The first-order valence-corrected chi connectivity index (χ1v) is 6.41. The molecule has 0 aliphatic heterocycles. The Morgan fingerprint density at radius 2 is 1.93 bits per heavy atom. The molecule has 1 nitrogen and oxygen atoms in total. The van der Waals surface area contributed by atoms with Crippen molar-refractivity contribution in [1.29, 1.82) is 0 Å². The van der Waals surface area contributed by atoms with Gasteiger partial charge in [0.05, 0.1) is 0 Å². The zero-order chi connectivity index (χ0) is 11.3. The van der Waals surface area contributed by atoms with Gasteiger partial charge in [-0.05, 0) is 30.0 Å². The highest BCUT2D eigenvalue weighted by Gasteiger charge is 2.17. The Labute approximate surface area is 101 Å². The minimum Gasteiger partial charge on any atom is -0.316 e. The van der Waals surface area contributed by atoms with Crippen molar-refractivity contribution in [3.05, 3.63) is 34.3 Å². The van der Waals surface area contributed by atoms with Gasteiger partial charge in [0, 0.05) is 11.0 Å². The first-order valence-electron chi connectivity index (χ1n) is 5.62. The van der Waals surface area contributed by atoms with Crippen LogP contribution < -0.4 is 5.32 Å². The van der Waals surface area contributed by atoms with Crippen molar-refractivity contribution >= 4 is 15.9 Å². The van der Waals surface area contributed by atoms with Gasteiger partial charge in [0.25, 0.3) is 0 Å². The Kier molecular flexibility index (Phi) is 5.34. The van der Waals surface area contributed by atoms with Crippen LogP contribution in [0.1, 0.15) is 32.3 Å². The zero-order valence-corrected chi connectivity index (χ0v) is 11.3. The van der Waals surface area contributed by atoms with Gasteiger partial charge >= 0.3 is 0 Å². The second kappa shape index (κ2) is 6.29. The van der Waals surface area contributed by atoms with Crippen LogP contribution in [0.3, 0.4) is 0 Å². The quantitative estimate of drug-likeness (QED) is 0.858. The standard InChI is InChI=1S/C13H20BrN/c1-4-15-9-12(10(2)3)11-7-5-6-8-13(11)14/h5-8,10,12,15H,4,9H2,1-3H3. The molecule has 1 aromatic rings. The first-order chi connectivity index (χ1) is 7.16. The van der Waals surface area contributed by atoms with Gasteiger partial charge in [-0.25, -0.2) is 0 Å². The topological polar surface area (TPSA) is 12.0 Å². The van der Waals surface area contributed by atoms with Crippen molar-refractivity contribution in [2.24, 2.45) is 5.92 Å². The van der Waals surface area contributed by atoms with Crippen molar-refractivity contribution in [3.8, 4) is 0 Å². The van der Waals surface area contributed by atoms with Gasteiger partial charge in [0.15, 0.2) is 0 Å². The summed E-state index contributed by atoms with van der Waals surface area (Å²) in [6, 6.07) is 8.52. The lowest BCUT2D eigenvalue weighted by molar-refractivity contribution is 0.466. The molecule has 0 radical (unpaired) electrons. The Bertz CT molecular complexity index is 296. The molecule has 0 saturated heterocycles. The second-order valence-electron chi connectivity index (χ2n) is 4.18. The average molecular weight is 270 g/mol. The van der Waals surface area contributed by atoms with Gasteiger partial charge < -0.3 is 5.32 Å². The summed E-state index contributed by atoms with van der Waals surface area (Å²) in [6.45, 7) is 8.80. The summed E-state index contributed by atoms with van der Waals surface area (Å²) >= 11 is 3.63. The molecule has 0 fully saturated rings. The fourth-order valence-electron chi connectivity index (χ4n) is 1.78. The maximum Gasteiger partial charge on any atom is 0.0210 e. The molecule has 1 N–H and O–H groups in total. The number of rotatable bonds is 5. The van der Waals surface area contributed by atoms with Crippen LogP contribution in [0, 0.1) is 5.92 Å². The van der Waals surface area contributed by atoms with E-state index in [1.54, 1.807) is 0 Å². The molecule has 1 rings (SSSR count). The molecule has 0 aliphatic carbocycles. The van der Waals surface area contributed by atoms with Gasteiger partial charge in [-0.3, -0.25) is 0 Å². The number of benzene rings is 1. The summed E-state index contributed by atoms with van der Waals surface area (Å²) in [5, 5.41) is 3.43. The minimum atomic E-state index is 0.584. The maximum atomic E-state index is 3.63. The third-order valence-corrected chi connectivity index (χ3v) is 3.45. The summed E-state index contributed by atoms with van der Waals surface area (Å²) in [7, 11) is 0. The highest BCUT2D eigenvalue weighted by molar-refractivity contribution is 9.10. The van der Waals surface area contributed by atoms with Crippen molar-refractivity contribution < 1.29 is 0 Å². The lowest BCUT2D eigenvalue weighted by atomic mass is 9.88. The number of nitrogens with one attached hydrogen (secondary N) is 1. The fourth-order valence-corrected chi connectivity index (χ4v) is 2.36. The molecule has 0 saturated carbocycles. The molecule has 0 heterocycles. The van der Waals surface area contributed by atoms with E-state index in [9.17, 15) is 0 Å². The zero-order valence-electron chi connectivity index (χ0n) is 9.76.